The van der Waals surface area contributed by atoms with E-state index < -0.39 is 5.41 Å². The minimum absolute atomic E-state index is 0.211. The maximum absolute atomic E-state index is 5.02. The van der Waals surface area contributed by atoms with Crippen LogP contribution in [0.2, 0.25) is 0 Å². The van der Waals surface area contributed by atoms with Gasteiger partial charge in [0.15, 0.2) is 17.5 Å². The molecule has 2 aliphatic rings. The number of hydrogen-bond acceptors (Lipinski definition) is 4. The molecule has 8 aromatic carbocycles. The molecule has 0 radical (unpaired) electrons. The van der Waals surface area contributed by atoms with Gasteiger partial charge in [0, 0.05) is 27.8 Å². The van der Waals surface area contributed by atoms with Gasteiger partial charge in [0.2, 0.25) is 0 Å². The highest BCUT2D eigenvalue weighted by molar-refractivity contribution is 5.92. The second-order valence-electron chi connectivity index (χ2n) is 16.0. The Morgan fingerprint density at radius 2 is 0.780 bits per heavy atom. The fraction of sp³-hybridized carbons (Fsp3) is 0.0727. The van der Waals surface area contributed by atoms with Crippen LogP contribution in [0.4, 0.5) is 17.1 Å². The van der Waals surface area contributed by atoms with Gasteiger partial charge in [0.1, 0.15) is 0 Å². The van der Waals surface area contributed by atoms with Crippen molar-refractivity contribution in [2.24, 2.45) is 0 Å². The van der Waals surface area contributed by atoms with E-state index in [0.29, 0.717) is 17.5 Å². The van der Waals surface area contributed by atoms with Crippen molar-refractivity contribution >= 4 is 17.1 Å². The van der Waals surface area contributed by atoms with E-state index in [2.05, 4.69) is 164 Å². The summed E-state index contributed by atoms with van der Waals surface area (Å²) in [4.78, 5) is 17.4. The molecule has 4 nitrogen and oxygen atoms in total. The fourth-order valence-corrected chi connectivity index (χ4v) is 9.83. The predicted molar refractivity (Wildman–Crippen MR) is 240 cm³/mol. The van der Waals surface area contributed by atoms with E-state index >= 15 is 0 Å². The lowest BCUT2D eigenvalue weighted by Gasteiger charge is -2.48. The molecule has 0 N–H and O–H groups in total. The number of benzene rings is 8. The third-order valence-electron chi connectivity index (χ3n) is 12.4. The zero-order chi connectivity index (χ0) is 39.6. The molecule has 0 fully saturated rings. The molecule has 4 heteroatoms. The summed E-state index contributed by atoms with van der Waals surface area (Å²) in [5.41, 5.74) is 15.8. The van der Waals surface area contributed by atoms with Crippen molar-refractivity contribution < 1.29 is 0 Å². The smallest absolute Gasteiger partial charge is 0.164 e. The number of rotatable bonds is 6. The molecule has 0 spiro atoms. The molecule has 2 heterocycles. The lowest BCUT2D eigenvalue weighted by molar-refractivity contribution is 0.625. The Bertz CT molecular complexity index is 2910. The summed E-state index contributed by atoms with van der Waals surface area (Å²) < 4.78 is 0. The Hall–Kier alpha value is -7.43. The second kappa shape index (κ2) is 13.6. The van der Waals surface area contributed by atoms with Crippen LogP contribution in [0.3, 0.4) is 0 Å². The first-order chi connectivity index (χ1) is 29.0. The van der Waals surface area contributed by atoms with Crippen LogP contribution in [0.25, 0.3) is 45.3 Å². The van der Waals surface area contributed by atoms with E-state index in [4.69, 9.17) is 15.0 Å². The van der Waals surface area contributed by atoms with Crippen LogP contribution >= 0.6 is 0 Å². The number of fused-ring (bicyclic) bond motifs is 5. The molecular weight excluding hydrogens is 717 g/mol. The number of hydrogen-bond donors (Lipinski definition) is 0. The van der Waals surface area contributed by atoms with Gasteiger partial charge in [0.25, 0.3) is 0 Å². The first-order valence-electron chi connectivity index (χ1n) is 20.3. The van der Waals surface area contributed by atoms with Gasteiger partial charge in [-0.3, -0.25) is 0 Å². The number of nitrogens with zero attached hydrogens (tertiary/aromatic N) is 4. The lowest BCUT2D eigenvalue weighted by atomic mass is 9.59. The third kappa shape index (κ3) is 5.33. The second-order valence-corrected chi connectivity index (χ2v) is 16.0. The molecule has 0 bridgehead atoms. The molecule has 9 aromatic rings. The van der Waals surface area contributed by atoms with E-state index in [-0.39, 0.29) is 5.41 Å². The van der Waals surface area contributed by atoms with Gasteiger partial charge in [-0.05, 0) is 80.9 Å². The highest BCUT2D eigenvalue weighted by Crippen LogP contribution is 2.61. The molecule has 11 rings (SSSR count). The molecule has 0 saturated carbocycles. The average molecular weight is 757 g/mol. The minimum Gasteiger partial charge on any atom is -0.310 e. The van der Waals surface area contributed by atoms with Crippen LogP contribution in [0, 0.1) is 0 Å². The van der Waals surface area contributed by atoms with Gasteiger partial charge >= 0.3 is 0 Å². The predicted octanol–water partition coefficient (Wildman–Crippen LogP) is 13.3. The van der Waals surface area contributed by atoms with Crippen LogP contribution in [0.15, 0.2) is 206 Å². The Morgan fingerprint density at radius 1 is 0.356 bits per heavy atom. The van der Waals surface area contributed by atoms with Crippen LogP contribution in [0.5, 0.6) is 0 Å². The SMILES string of the molecule is CC1(C)c2ccccc2-c2cccc(C3(c4ccccc4)c4ccccc4N(c4ccc(-c5nc(-c6ccccc6)nc(-c6ccccc6)n5)cc4)c4ccccc43)c21. The third-order valence-corrected chi connectivity index (χ3v) is 12.4. The molecule has 1 aliphatic heterocycles. The highest BCUT2D eigenvalue weighted by atomic mass is 15.2. The first kappa shape index (κ1) is 34.8. The monoisotopic (exact) mass is 756 g/mol. The number of anilines is 3. The van der Waals surface area contributed by atoms with E-state index in [0.717, 1.165) is 33.8 Å². The Balaban J connectivity index is 1.10. The van der Waals surface area contributed by atoms with Crippen LogP contribution < -0.4 is 4.90 Å². The summed E-state index contributed by atoms with van der Waals surface area (Å²) >= 11 is 0. The van der Waals surface area contributed by atoms with Gasteiger partial charge in [-0.2, -0.15) is 0 Å². The molecule has 280 valence electrons. The van der Waals surface area contributed by atoms with E-state index in [1.54, 1.807) is 0 Å². The van der Waals surface area contributed by atoms with Crippen molar-refractivity contribution in [2.75, 3.05) is 4.90 Å². The molecule has 0 atom stereocenters. The summed E-state index contributed by atoms with van der Waals surface area (Å²) in [6.07, 6.45) is 0. The fourth-order valence-electron chi connectivity index (χ4n) is 9.83. The Kier molecular flexibility index (Phi) is 8.02. The zero-order valence-electron chi connectivity index (χ0n) is 32.9. The first-order valence-corrected chi connectivity index (χ1v) is 20.3. The molecule has 1 aliphatic carbocycles. The van der Waals surface area contributed by atoms with Crippen molar-refractivity contribution in [1.82, 2.24) is 15.0 Å². The number of para-hydroxylation sites is 2. The molecule has 0 amide bonds. The highest BCUT2D eigenvalue weighted by Gasteiger charge is 2.50. The van der Waals surface area contributed by atoms with Crippen molar-refractivity contribution in [3.63, 3.8) is 0 Å². The van der Waals surface area contributed by atoms with Gasteiger partial charge in [-0.15, -0.1) is 0 Å². The molecular formula is C55H40N4. The quantitative estimate of drug-likeness (QED) is 0.169. The Morgan fingerprint density at radius 3 is 1.34 bits per heavy atom. The van der Waals surface area contributed by atoms with Crippen LogP contribution in [-0.4, -0.2) is 15.0 Å². The maximum atomic E-state index is 5.02. The van der Waals surface area contributed by atoms with Crippen LogP contribution in [0.1, 0.15) is 47.2 Å². The molecule has 59 heavy (non-hydrogen) atoms. The van der Waals surface area contributed by atoms with Crippen molar-refractivity contribution in [3.05, 3.63) is 240 Å². The lowest BCUT2D eigenvalue weighted by Crippen LogP contribution is -2.39. The summed E-state index contributed by atoms with van der Waals surface area (Å²) in [5, 5.41) is 0. The number of aromatic nitrogens is 3. The summed E-state index contributed by atoms with van der Waals surface area (Å²) in [7, 11) is 0. The van der Waals surface area contributed by atoms with Crippen molar-refractivity contribution in [1.29, 1.82) is 0 Å². The summed E-state index contributed by atoms with van der Waals surface area (Å²) in [5.74, 6) is 1.93. The average Bonchev–Trinajstić information content (AvgIpc) is 3.55. The topological polar surface area (TPSA) is 41.9 Å². The van der Waals surface area contributed by atoms with E-state index in [1.165, 1.54) is 44.5 Å². The largest absolute Gasteiger partial charge is 0.310 e. The summed E-state index contributed by atoms with van der Waals surface area (Å²) in [6.45, 7) is 4.79. The van der Waals surface area contributed by atoms with Gasteiger partial charge < -0.3 is 4.90 Å². The maximum Gasteiger partial charge on any atom is 0.164 e. The van der Waals surface area contributed by atoms with Crippen LogP contribution in [-0.2, 0) is 10.8 Å². The van der Waals surface area contributed by atoms with Crippen molar-refractivity contribution in [2.45, 2.75) is 24.7 Å². The minimum atomic E-state index is -0.609. The normalized spacial score (nSPS) is 14.2. The summed E-state index contributed by atoms with van der Waals surface area (Å²) in [6, 6.07) is 74.0. The standard InChI is InChI=1S/C55H40N4/c1-54(2)44-27-13-12-25-42(44)43-26-18-30-47(50(43)54)55(40-23-10-5-11-24-40)45-28-14-16-31-48(45)59(49-32-17-15-29-46(49)55)41-35-33-39(34-36-41)53-57-51(37-19-6-3-7-20-37)56-52(58-53)38-21-8-4-9-22-38/h3-36H,1-2H3. The van der Waals surface area contributed by atoms with Gasteiger partial charge in [-0.25, -0.2) is 15.0 Å². The molecule has 0 saturated heterocycles. The Labute approximate surface area is 345 Å². The van der Waals surface area contributed by atoms with Gasteiger partial charge in [0.05, 0.1) is 16.8 Å². The zero-order valence-corrected chi connectivity index (χ0v) is 32.9. The molecule has 0 unspecified atom stereocenters. The molecule has 1 aromatic heterocycles. The van der Waals surface area contributed by atoms with E-state index in [9.17, 15) is 0 Å². The van der Waals surface area contributed by atoms with Crippen molar-refractivity contribution in [3.8, 4) is 45.3 Å². The van der Waals surface area contributed by atoms with Gasteiger partial charge in [-0.1, -0.05) is 184 Å². The van der Waals surface area contributed by atoms with E-state index in [1.807, 2.05) is 60.7 Å².